The molecule has 0 aromatic heterocycles. The van der Waals surface area contributed by atoms with Gasteiger partial charge in [-0.15, -0.1) is 0 Å². The van der Waals surface area contributed by atoms with Gasteiger partial charge in [0.2, 0.25) is 0 Å². The molecule has 0 aromatic carbocycles. The van der Waals surface area contributed by atoms with Crippen LogP contribution in [-0.4, -0.2) is 61.3 Å². The van der Waals surface area contributed by atoms with Crippen molar-refractivity contribution in [3.63, 3.8) is 0 Å². The molecule has 0 radical (unpaired) electrons. The number of nitrogens with two attached hydrogens (primary N) is 1. The molecule has 2 aliphatic rings. The first-order valence-electron chi connectivity index (χ1n) is 7.55. The Morgan fingerprint density at radius 2 is 2.05 bits per heavy atom. The van der Waals surface area contributed by atoms with E-state index in [9.17, 15) is 4.79 Å². The first kappa shape index (κ1) is 14.6. The number of carbonyl (C=O) groups is 1. The van der Waals surface area contributed by atoms with Gasteiger partial charge in [0.05, 0.1) is 7.11 Å². The van der Waals surface area contributed by atoms with E-state index < -0.39 is 0 Å². The summed E-state index contributed by atoms with van der Waals surface area (Å²) in [4.78, 5) is 16.3. The standard InChI is InChI=1S/C14H27N3O2/c1-19-14(18)17(10-7-15)13-6-4-5-12(11-13)16-8-2-3-9-16/h12-13H,2-11,15H2,1H3/t12-,13-/m0/s1. The lowest BCUT2D eigenvalue weighted by molar-refractivity contribution is 0.0744. The Bertz CT molecular complexity index is 292. The number of amides is 1. The van der Waals surface area contributed by atoms with Crippen molar-refractivity contribution in [2.24, 2.45) is 5.73 Å². The third-order valence-electron chi connectivity index (χ3n) is 4.50. The zero-order chi connectivity index (χ0) is 13.7. The van der Waals surface area contributed by atoms with Gasteiger partial charge in [-0.25, -0.2) is 4.79 Å². The van der Waals surface area contributed by atoms with Gasteiger partial charge in [-0.1, -0.05) is 0 Å². The molecule has 2 rings (SSSR count). The molecule has 1 saturated carbocycles. The molecule has 0 spiro atoms. The molecule has 2 fully saturated rings. The van der Waals surface area contributed by atoms with Crippen molar-refractivity contribution in [1.29, 1.82) is 0 Å². The summed E-state index contributed by atoms with van der Waals surface area (Å²) in [5, 5.41) is 0. The fraction of sp³-hybridized carbons (Fsp3) is 0.929. The van der Waals surface area contributed by atoms with Crippen molar-refractivity contribution in [2.45, 2.75) is 50.6 Å². The summed E-state index contributed by atoms with van der Waals surface area (Å²) in [5.74, 6) is 0. The van der Waals surface area contributed by atoms with Crippen LogP contribution in [0.5, 0.6) is 0 Å². The summed E-state index contributed by atoms with van der Waals surface area (Å²) in [7, 11) is 1.45. The fourth-order valence-corrected chi connectivity index (χ4v) is 3.54. The van der Waals surface area contributed by atoms with Gasteiger partial charge in [0, 0.05) is 25.2 Å². The maximum atomic E-state index is 11.9. The summed E-state index contributed by atoms with van der Waals surface area (Å²) < 4.78 is 4.90. The Labute approximate surface area is 116 Å². The molecule has 1 heterocycles. The molecule has 5 nitrogen and oxygen atoms in total. The molecule has 5 heteroatoms. The van der Waals surface area contributed by atoms with Gasteiger partial charge in [-0.05, 0) is 51.6 Å². The SMILES string of the molecule is COC(=O)N(CCN)[C@H]1CCC[C@H](N2CCCC2)C1. The highest BCUT2D eigenvalue weighted by Crippen LogP contribution is 2.29. The molecule has 2 atom stereocenters. The van der Waals surface area contributed by atoms with Crippen molar-refractivity contribution in [3.8, 4) is 0 Å². The van der Waals surface area contributed by atoms with Crippen molar-refractivity contribution < 1.29 is 9.53 Å². The topological polar surface area (TPSA) is 58.8 Å². The minimum Gasteiger partial charge on any atom is -0.453 e. The lowest BCUT2D eigenvalue weighted by Crippen LogP contribution is -2.49. The summed E-state index contributed by atoms with van der Waals surface area (Å²) in [6.07, 6.45) is 7.06. The lowest BCUT2D eigenvalue weighted by atomic mass is 9.89. The molecule has 1 saturated heterocycles. The molecular formula is C14H27N3O2. The second kappa shape index (κ2) is 7.10. The van der Waals surface area contributed by atoms with E-state index in [-0.39, 0.29) is 6.09 Å². The van der Waals surface area contributed by atoms with Crippen LogP contribution < -0.4 is 5.73 Å². The summed E-state index contributed by atoms with van der Waals surface area (Å²) in [6, 6.07) is 0.946. The monoisotopic (exact) mass is 269 g/mol. The van der Waals surface area contributed by atoms with E-state index in [1.54, 1.807) is 0 Å². The minimum atomic E-state index is -0.225. The van der Waals surface area contributed by atoms with Crippen LogP contribution in [0, 0.1) is 0 Å². The number of likely N-dealkylation sites (tertiary alicyclic amines) is 1. The van der Waals surface area contributed by atoms with E-state index in [2.05, 4.69) is 4.90 Å². The van der Waals surface area contributed by atoms with E-state index in [1.807, 2.05) is 4.90 Å². The quantitative estimate of drug-likeness (QED) is 0.838. The van der Waals surface area contributed by atoms with E-state index >= 15 is 0 Å². The van der Waals surface area contributed by atoms with Crippen LogP contribution in [0.15, 0.2) is 0 Å². The van der Waals surface area contributed by atoms with Crippen LogP contribution in [0.1, 0.15) is 38.5 Å². The molecule has 0 bridgehead atoms. The third-order valence-corrected chi connectivity index (χ3v) is 4.50. The van der Waals surface area contributed by atoms with Crippen molar-refractivity contribution in [3.05, 3.63) is 0 Å². The van der Waals surface area contributed by atoms with Crippen LogP contribution in [0.4, 0.5) is 4.79 Å². The number of nitrogens with zero attached hydrogens (tertiary/aromatic N) is 2. The molecule has 1 aliphatic heterocycles. The van der Waals surface area contributed by atoms with Crippen LogP contribution >= 0.6 is 0 Å². The Kier molecular flexibility index (Phi) is 5.45. The van der Waals surface area contributed by atoms with Crippen LogP contribution in [0.2, 0.25) is 0 Å². The van der Waals surface area contributed by atoms with Crippen molar-refractivity contribution >= 4 is 6.09 Å². The third kappa shape index (κ3) is 3.60. The Morgan fingerprint density at radius 3 is 2.68 bits per heavy atom. The van der Waals surface area contributed by atoms with Gasteiger partial charge >= 0.3 is 6.09 Å². The van der Waals surface area contributed by atoms with Crippen molar-refractivity contribution in [1.82, 2.24) is 9.80 Å². The van der Waals surface area contributed by atoms with Crippen LogP contribution in [0.25, 0.3) is 0 Å². The van der Waals surface area contributed by atoms with E-state index in [1.165, 1.54) is 45.9 Å². The lowest BCUT2D eigenvalue weighted by Gasteiger charge is -2.39. The van der Waals surface area contributed by atoms with E-state index in [0.29, 0.717) is 25.2 Å². The molecule has 19 heavy (non-hydrogen) atoms. The molecular weight excluding hydrogens is 242 g/mol. The average Bonchev–Trinajstić information content (AvgIpc) is 2.98. The van der Waals surface area contributed by atoms with E-state index in [4.69, 9.17) is 10.5 Å². The Morgan fingerprint density at radius 1 is 1.32 bits per heavy atom. The second-order valence-corrected chi connectivity index (χ2v) is 5.67. The highest BCUT2D eigenvalue weighted by molar-refractivity contribution is 5.67. The average molecular weight is 269 g/mol. The number of hydrogen-bond donors (Lipinski definition) is 1. The summed E-state index contributed by atoms with van der Waals surface area (Å²) in [6.45, 7) is 3.56. The first-order chi connectivity index (χ1) is 9.26. The van der Waals surface area contributed by atoms with Crippen LogP contribution in [0.3, 0.4) is 0 Å². The molecule has 110 valence electrons. The molecule has 0 unspecified atom stereocenters. The molecule has 1 amide bonds. The zero-order valence-corrected chi connectivity index (χ0v) is 12.0. The van der Waals surface area contributed by atoms with E-state index in [0.717, 1.165) is 12.8 Å². The summed E-state index contributed by atoms with van der Waals surface area (Å²) >= 11 is 0. The first-order valence-corrected chi connectivity index (χ1v) is 7.55. The highest BCUT2D eigenvalue weighted by atomic mass is 16.5. The highest BCUT2D eigenvalue weighted by Gasteiger charge is 2.33. The minimum absolute atomic E-state index is 0.225. The predicted molar refractivity (Wildman–Crippen MR) is 75.0 cm³/mol. The smallest absolute Gasteiger partial charge is 0.409 e. The second-order valence-electron chi connectivity index (χ2n) is 5.67. The van der Waals surface area contributed by atoms with Gasteiger partial charge in [-0.2, -0.15) is 0 Å². The maximum absolute atomic E-state index is 11.9. The maximum Gasteiger partial charge on any atom is 0.409 e. The van der Waals surface area contributed by atoms with Crippen molar-refractivity contribution in [2.75, 3.05) is 33.3 Å². The zero-order valence-electron chi connectivity index (χ0n) is 12.0. The number of hydrogen-bond acceptors (Lipinski definition) is 4. The summed E-state index contributed by atoms with van der Waals surface area (Å²) in [5.41, 5.74) is 5.63. The van der Waals surface area contributed by atoms with Gasteiger partial charge in [0.1, 0.15) is 0 Å². The Hall–Kier alpha value is -0.810. The normalized spacial score (nSPS) is 28.3. The van der Waals surface area contributed by atoms with Gasteiger partial charge < -0.3 is 20.3 Å². The Balaban J connectivity index is 1.95. The molecule has 2 N–H and O–H groups in total. The largest absolute Gasteiger partial charge is 0.453 e. The van der Waals surface area contributed by atoms with Crippen LogP contribution in [-0.2, 0) is 4.74 Å². The van der Waals surface area contributed by atoms with Gasteiger partial charge in [0.15, 0.2) is 0 Å². The predicted octanol–water partition coefficient (Wildman–Crippen LogP) is 1.42. The fourth-order valence-electron chi connectivity index (χ4n) is 3.54. The molecule has 0 aromatic rings. The van der Waals surface area contributed by atoms with Gasteiger partial charge in [-0.3, -0.25) is 0 Å². The number of carbonyl (C=O) groups excluding carboxylic acids is 1. The number of rotatable bonds is 4. The number of ether oxygens (including phenoxy) is 1. The number of methoxy groups -OCH3 is 1. The van der Waals surface area contributed by atoms with Gasteiger partial charge in [0.25, 0.3) is 0 Å². The molecule has 1 aliphatic carbocycles.